The largest absolute Gasteiger partial charge is 0.493 e. The minimum absolute atomic E-state index is 0.00232. The summed E-state index contributed by atoms with van der Waals surface area (Å²) in [4.78, 5) is 57.4. The number of amides is 3. The standard InChI is InChI=1S/C57H63N3O13S4/c1-6-44(61)18-17-35(3)75-74-19-11-16-55(62)58-43-22-36(31-72-51-27-41-29-54(77(68,69)71-5)50-26-39-13-8-10-15-48(39)60(50)56(63)45(41)20-34(51)2)21-37(23-43)32-73-53-28-40-24-42(33-76(65,66)67)49-25-38-12-7-9-14-47(38)59(49)57(64)46(40)30-52(53)70-4/h7-10,12-15,20-23,27-28,30,35,42,49-50,54H,6,11,16-19,24-26,29,31-33H2,1-5H3,(H,58,62)(H,65,66,67)/t35?,42?,49-,50-,54?/m0/s1. The summed E-state index contributed by atoms with van der Waals surface area (Å²) in [6.45, 7) is 5.76. The van der Waals surface area contributed by atoms with Crippen molar-refractivity contribution in [2.75, 3.05) is 40.8 Å². The molecule has 0 fully saturated rings. The van der Waals surface area contributed by atoms with Gasteiger partial charge in [0.15, 0.2) is 11.5 Å². The highest BCUT2D eigenvalue weighted by molar-refractivity contribution is 8.76. The first kappa shape index (κ1) is 55.8. The second kappa shape index (κ2) is 23.6. The van der Waals surface area contributed by atoms with E-state index in [2.05, 4.69) is 12.2 Å². The number of carbonyl (C=O) groups excluding carboxylic acids is 4. The molecule has 77 heavy (non-hydrogen) atoms. The first-order valence-corrected chi connectivity index (χ1v) is 31.2. The summed E-state index contributed by atoms with van der Waals surface area (Å²) in [6.07, 6.45) is 3.73. The Morgan fingerprint density at radius 3 is 1.97 bits per heavy atom. The molecule has 4 aliphatic heterocycles. The molecule has 0 saturated heterocycles. The lowest BCUT2D eigenvalue weighted by atomic mass is 9.91. The fourth-order valence-electron chi connectivity index (χ4n) is 11.0. The lowest BCUT2D eigenvalue weighted by Gasteiger charge is -2.28. The van der Waals surface area contributed by atoms with Crippen LogP contribution in [0.1, 0.15) is 106 Å². The van der Waals surface area contributed by atoms with Crippen molar-refractivity contribution in [3.05, 3.63) is 141 Å². The molecule has 3 unspecified atom stereocenters. The molecule has 0 aromatic heterocycles. The van der Waals surface area contributed by atoms with E-state index in [9.17, 15) is 40.6 Å². The second-order valence-electron chi connectivity index (χ2n) is 20.1. The molecule has 0 radical (unpaired) electrons. The predicted octanol–water partition coefficient (Wildman–Crippen LogP) is 9.51. The maximum Gasteiger partial charge on any atom is 0.272 e. The van der Waals surface area contributed by atoms with E-state index < -0.39 is 49.2 Å². The van der Waals surface area contributed by atoms with Crippen molar-refractivity contribution in [2.45, 2.75) is 114 Å². The van der Waals surface area contributed by atoms with E-state index in [0.717, 1.165) is 30.4 Å². The average Bonchev–Trinajstić information content (AvgIpc) is 3.99. The van der Waals surface area contributed by atoms with Crippen LogP contribution in [0.3, 0.4) is 0 Å². The molecule has 5 atom stereocenters. The summed E-state index contributed by atoms with van der Waals surface area (Å²) in [6, 6.07) is 25.9. The topological polar surface area (TPSA) is 212 Å². The van der Waals surface area contributed by atoms with Crippen LogP contribution in [-0.4, -0.2) is 93.2 Å². The number of carbonyl (C=O) groups is 4. The van der Waals surface area contributed by atoms with Crippen LogP contribution in [0.4, 0.5) is 17.1 Å². The van der Waals surface area contributed by atoms with Gasteiger partial charge in [0.1, 0.15) is 30.0 Å². The Labute approximate surface area is 458 Å². The number of Topliss-reactive ketones (excluding diaryl/α,β-unsaturated/α-hetero) is 1. The van der Waals surface area contributed by atoms with Crippen LogP contribution in [0.5, 0.6) is 17.2 Å². The van der Waals surface area contributed by atoms with Crippen molar-refractivity contribution in [2.24, 2.45) is 5.92 Å². The van der Waals surface area contributed by atoms with E-state index in [1.807, 2.05) is 68.4 Å². The third kappa shape index (κ3) is 12.5. The maximum absolute atomic E-state index is 14.4. The van der Waals surface area contributed by atoms with Gasteiger partial charge in [-0.15, -0.1) is 0 Å². The third-order valence-electron chi connectivity index (χ3n) is 14.8. The lowest BCUT2D eigenvalue weighted by molar-refractivity contribution is -0.119. The van der Waals surface area contributed by atoms with Gasteiger partial charge in [-0.1, -0.05) is 71.8 Å². The van der Waals surface area contributed by atoms with Gasteiger partial charge >= 0.3 is 0 Å². The van der Waals surface area contributed by atoms with Gasteiger partial charge in [0.2, 0.25) is 5.91 Å². The van der Waals surface area contributed by atoms with E-state index in [1.165, 1.54) is 7.11 Å². The van der Waals surface area contributed by atoms with Gasteiger partial charge in [-0.25, -0.2) is 0 Å². The number of nitrogens with one attached hydrogen (secondary N) is 1. The van der Waals surface area contributed by atoms with Crippen molar-refractivity contribution in [3.8, 4) is 17.2 Å². The molecule has 0 saturated carbocycles. The Balaban J connectivity index is 0.972. The first-order chi connectivity index (χ1) is 36.8. The Bertz CT molecular complexity index is 3330. The quantitative estimate of drug-likeness (QED) is 0.0286. The van der Waals surface area contributed by atoms with Crippen molar-refractivity contribution >= 4 is 82.4 Å². The van der Waals surface area contributed by atoms with Crippen molar-refractivity contribution in [1.82, 2.24) is 0 Å². The fraction of sp³-hybridized carbons (Fsp3) is 0.404. The Morgan fingerprint density at radius 1 is 0.740 bits per heavy atom. The monoisotopic (exact) mass is 1130 g/mol. The van der Waals surface area contributed by atoms with E-state index in [4.69, 9.17) is 18.4 Å². The number of para-hydroxylation sites is 2. The van der Waals surface area contributed by atoms with Crippen LogP contribution in [0.15, 0.2) is 91.0 Å². The van der Waals surface area contributed by atoms with Crippen LogP contribution < -0.4 is 29.3 Å². The maximum atomic E-state index is 14.4. The minimum Gasteiger partial charge on any atom is -0.493 e. The molecule has 0 bridgehead atoms. The van der Waals surface area contributed by atoms with Crippen molar-refractivity contribution < 1.29 is 59.0 Å². The lowest BCUT2D eigenvalue weighted by Crippen LogP contribution is -2.47. The molecule has 16 nitrogen and oxygen atoms in total. The zero-order valence-corrected chi connectivity index (χ0v) is 46.9. The van der Waals surface area contributed by atoms with E-state index in [-0.39, 0.29) is 67.5 Å². The molecule has 0 aliphatic carbocycles. The number of methoxy groups -OCH3 is 1. The Kier molecular flexibility index (Phi) is 17.1. The number of anilines is 3. The summed E-state index contributed by atoms with van der Waals surface area (Å²) in [5.41, 5.74) is 7.32. The van der Waals surface area contributed by atoms with Crippen LogP contribution in [0, 0.1) is 12.8 Å². The van der Waals surface area contributed by atoms with Gasteiger partial charge in [0.25, 0.3) is 32.1 Å². The van der Waals surface area contributed by atoms with Crippen molar-refractivity contribution in [1.29, 1.82) is 0 Å². The molecule has 4 heterocycles. The zero-order valence-electron chi connectivity index (χ0n) is 43.6. The molecule has 4 aliphatic rings. The molecular formula is C57H63N3O13S4. The Hall–Kier alpha value is -5.90. The van der Waals surface area contributed by atoms with E-state index in [1.54, 1.807) is 67.8 Å². The van der Waals surface area contributed by atoms with Gasteiger partial charge in [-0.05, 0) is 139 Å². The highest BCUT2D eigenvalue weighted by atomic mass is 33.1. The molecule has 9 rings (SSSR count). The summed E-state index contributed by atoms with van der Waals surface area (Å²) in [5, 5.41) is 2.29. The van der Waals surface area contributed by atoms with Gasteiger partial charge in [-0.2, -0.15) is 16.8 Å². The Morgan fingerprint density at radius 2 is 1.34 bits per heavy atom. The summed E-state index contributed by atoms with van der Waals surface area (Å²) >= 11 is 0. The second-order valence-corrected chi connectivity index (χ2v) is 26.5. The van der Waals surface area contributed by atoms with Crippen LogP contribution >= 0.6 is 21.6 Å². The number of ketones is 1. The van der Waals surface area contributed by atoms with Gasteiger partial charge in [0.05, 0.1) is 26.0 Å². The molecule has 2 N–H and O–H groups in total. The number of rotatable bonds is 22. The number of fused-ring (bicyclic) bond motifs is 8. The summed E-state index contributed by atoms with van der Waals surface area (Å²) in [5.74, 6) is -0.0370. The molecule has 5 aromatic carbocycles. The number of nitrogens with zero attached hydrogens (tertiary/aromatic N) is 2. The van der Waals surface area contributed by atoms with Crippen LogP contribution in [0.25, 0.3) is 0 Å². The molecule has 5 aromatic rings. The zero-order chi connectivity index (χ0) is 54.8. The first-order valence-electron chi connectivity index (χ1n) is 25.7. The van der Waals surface area contributed by atoms with Gasteiger partial charge < -0.3 is 29.3 Å². The van der Waals surface area contributed by atoms with E-state index >= 15 is 0 Å². The molecular weight excluding hydrogens is 1060 g/mol. The number of benzene rings is 5. The molecule has 20 heteroatoms. The number of hydrogen-bond acceptors (Lipinski definition) is 14. The fourth-order valence-corrected chi connectivity index (χ4v) is 15.5. The third-order valence-corrected chi connectivity index (χ3v) is 20.4. The SMILES string of the molecule is CCC(=O)CCC(C)SSCCCC(=O)Nc1cc(COc2cc3c(cc2C)C(=O)N2c4ccccc4C[C@H]2C(S(=O)(=O)OC)C3)cc(COc2cc3c(cc2OC)C(=O)N2c4ccccc4C[C@H]2C(CS(=O)(=O)O)C3)c1. The average molecular weight is 1130 g/mol. The van der Waals surface area contributed by atoms with Crippen LogP contribution in [-0.2, 0) is 72.9 Å². The van der Waals surface area contributed by atoms with Gasteiger partial charge in [0, 0.05) is 70.4 Å². The van der Waals surface area contributed by atoms with Crippen LogP contribution in [0.2, 0.25) is 0 Å². The number of ether oxygens (including phenoxy) is 3. The molecule has 408 valence electrons. The predicted molar refractivity (Wildman–Crippen MR) is 300 cm³/mol. The van der Waals surface area contributed by atoms with Gasteiger partial charge in [-0.3, -0.25) is 27.9 Å². The summed E-state index contributed by atoms with van der Waals surface area (Å²) < 4.78 is 86.0. The van der Waals surface area contributed by atoms with E-state index in [0.29, 0.717) is 99.1 Å². The normalized spacial score (nSPS) is 18.9. The molecule has 3 amide bonds. The smallest absolute Gasteiger partial charge is 0.272 e. The number of hydrogen-bond donors (Lipinski definition) is 2. The number of aryl methyl sites for hydroxylation is 1. The molecule has 0 spiro atoms. The minimum atomic E-state index is -4.43. The highest BCUT2D eigenvalue weighted by Crippen LogP contribution is 2.44. The summed E-state index contributed by atoms with van der Waals surface area (Å²) in [7, 11) is -2.55. The van der Waals surface area contributed by atoms with Crippen molar-refractivity contribution in [3.63, 3.8) is 0 Å². The highest BCUT2D eigenvalue weighted by Gasteiger charge is 2.48.